The van der Waals surface area contributed by atoms with Gasteiger partial charge in [-0.25, -0.2) is 4.79 Å². The highest BCUT2D eigenvalue weighted by molar-refractivity contribution is 5.87. The van der Waals surface area contributed by atoms with E-state index in [0.717, 1.165) is 0 Å². The Bertz CT molecular complexity index is 538. The first-order chi connectivity index (χ1) is 8.15. The summed E-state index contributed by atoms with van der Waals surface area (Å²) < 4.78 is 10.0. The van der Waals surface area contributed by atoms with Crippen LogP contribution in [0.2, 0.25) is 0 Å². The molecule has 7 heteroatoms. The van der Waals surface area contributed by atoms with E-state index in [2.05, 4.69) is 15.1 Å². The molecule has 0 fully saturated rings. The van der Waals surface area contributed by atoms with E-state index in [4.69, 9.17) is 14.4 Å². The molecule has 0 unspecified atom stereocenters. The summed E-state index contributed by atoms with van der Waals surface area (Å²) in [5.74, 6) is 0.120. The number of carboxylic acid groups (broad SMARTS) is 1. The van der Waals surface area contributed by atoms with Crippen LogP contribution in [-0.2, 0) is 6.61 Å². The van der Waals surface area contributed by atoms with Crippen LogP contribution >= 0.6 is 0 Å². The molecule has 0 aliphatic carbocycles. The maximum atomic E-state index is 10.7. The van der Waals surface area contributed by atoms with E-state index >= 15 is 0 Å². The first-order valence-corrected chi connectivity index (χ1v) is 4.75. The second-order valence-corrected chi connectivity index (χ2v) is 3.23. The van der Waals surface area contributed by atoms with Gasteiger partial charge in [-0.15, -0.1) is 0 Å². The van der Waals surface area contributed by atoms with Crippen LogP contribution in [0.25, 0.3) is 0 Å². The Balaban J connectivity index is 2.04. The van der Waals surface area contributed by atoms with Gasteiger partial charge in [0.2, 0.25) is 11.7 Å². The zero-order valence-corrected chi connectivity index (χ0v) is 8.95. The number of aryl methyl sites for hydroxylation is 1. The molecule has 0 bridgehead atoms. The molecule has 0 saturated heterocycles. The van der Waals surface area contributed by atoms with E-state index in [1.54, 1.807) is 6.92 Å². The molecule has 17 heavy (non-hydrogen) atoms. The molecule has 0 aromatic carbocycles. The quantitative estimate of drug-likeness (QED) is 0.845. The molecule has 7 nitrogen and oxygen atoms in total. The van der Waals surface area contributed by atoms with E-state index in [-0.39, 0.29) is 12.2 Å². The summed E-state index contributed by atoms with van der Waals surface area (Å²) in [4.78, 5) is 18.4. The van der Waals surface area contributed by atoms with Gasteiger partial charge in [-0.1, -0.05) is 5.16 Å². The van der Waals surface area contributed by atoms with Gasteiger partial charge in [0, 0.05) is 13.1 Å². The third kappa shape index (κ3) is 2.77. The van der Waals surface area contributed by atoms with Gasteiger partial charge in [-0.3, -0.25) is 4.98 Å². The number of pyridine rings is 1. The van der Waals surface area contributed by atoms with Crippen LogP contribution in [0.3, 0.4) is 0 Å². The van der Waals surface area contributed by atoms with Gasteiger partial charge in [-0.2, -0.15) is 4.98 Å². The molecule has 2 heterocycles. The normalized spacial score (nSPS) is 10.2. The minimum atomic E-state index is -1.06. The lowest BCUT2D eigenvalue weighted by atomic mass is 10.3. The predicted molar refractivity (Wildman–Crippen MR) is 54.6 cm³/mol. The van der Waals surface area contributed by atoms with Crippen molar-refractivity contribution in [3.8, 4) is 5.75 Å². The SMILES string of the molecule is Cc1nc(COc2cncc(C(=O)O)c2)no1. The van der Waals surface area contributed by atoms with E-state index in [9.17, 15) is 4.79 Å². The fourth-order valence-corrected chi connectivity index (χ4v) is 1.16. The molecule has 2 aromatic heterocycles. The highest BCUT2D eigenvalue weighted by atomic mass is 16.5. The molecular formula is C10H9N3O4. The second-order valence-electron chi connectivity index (χ2n) is 3.23. The number of rotatable bonds is 4. The topological polar surface area (TPSA) is 98.3 Å². The number of hydrogen-bond donors (Lipinski definition) is 1. The number of nitrogens with zero attached hydrogens (tertiary/aromatic N) is 3. The van der Waals surface area contributed by atoms with Crippen molar-refractivity contribution in [1.82, 2.24) is 15.1 Å². The number of hydrogen-bond acceptors (Lipinski definition) is 6. The maximum absolute atomic E-state index is 10.7. The van der Waals surface area contributed by atoms with Gasteiger partial charge in [0.05, 0.1) is 11.8 Å². The number of carbonyl (C=O) groups is 1. The molecule has 2 aromatic rings. The molecule has 0 atom stereocenters. The second kappa shape index (κ2) is 4.60. The molecular weight excluding hydrogens is 226 g/mol. The maximum Gasteiger partial charge on any atom is 0.337 e. The summed E-state index contributed by atoms with van der Waals surface area (Å²) in [7, 11) is 0. The average Bonchev–Trinajstić information content (AvgIpc) is 2.73. The number of ether oxygens (including phenoxy) is 1. The largest absolute Gasteiger partial charge is 0.484 e. The summed E-state index contributed by atoms with van der Waals surface area (Å²) in [5.41, 5.74) is 0.0618. The lowest BCUT2D eigenvalue weighted by Gasteiger charge is -2.02. The minimum Gasteiger partial charge on any atom is -0.484 e. The zero-order valence-electron chi connectivity index (χ0n) is 8.95. The fraction of sp³-hybridized carbons (Fsp3) is 0.200. The summed E-state index contributed by atoms with van der Waals surface area (Å²) in [6.45, 7) is 1.77. The van der Waals surface area contributed by atoms with Crippen molar-refractivity contribution in [3.63, 3.8) is 0 Å². The van der Waals surface area contributed by atoms with Crippen molar-refractivity contribution in [2.75, 3.05) is 0 Å². The molecule has 0 radical (unpaired) electrons. The van der Waals surface area contributed by atoms with Crippen LogP contribution < -0.4 is 4.74 Å². The molecule has 1 N–H and O–H groups in total. The first kappa shape index (κ1) is 11.1. The third-order valence-corrected chi connectivity index (χ3v) is 1.90. The van der Waals surface area contributed by atoms with Gasteiger partial charge in [0.15, 0.2) is 6.61 Å². The predicted octanol–water partition coefficient (Wildman–Crippen LogP) is 1.05. The zero-order chi connectivity index (χ0) is 12.3. The number of aromatic carboxylic acids is 1. The Morgan fingerprint density at radius 1 is 1.53 bits per heavy atom. The molecule has 2 rings (SSSR count). The lowest BCUT2D eigenvalue weighted by Crippen LogP contribution is -2.01. The Hall–Kier alpha value is -2.44. The van der Waals surface area contributed by atoms with E-state index in [1.807, 2.05) is 0 Å². The summed E-state index contributed by atoms with van der Waals surface area (Å²) in [6.07, 6.45) is 2.66. The number of aromatic nitrogens is 3. The monoisotopic (exact) mass is 235 g/mol. The van der Waals surface area contributed by atoms with Crippen LogP contribution in [0, 0.1) is 6.92 Å². The molecule has 0 amide bonds. The van der Waals surface area contributed by atoms with Gasteiger partial charge >= 0.3 is 5.97 Å². The summed E-state index contributed by atoms with van der Waals surface area (Å²) in [6, 6.07) is 1.38. The molecule has 0 saturated carbocycles. The summed E-state index contributed by atoms with van der Waals surface area (Å²) >= 11 is 0. The first-order valence-electron chi connectivity index (χ1n) is 4.75. The fourth-order valence-electron chi connectivity index (χ4n) is 1.16. The van der Waals surface area contributed by atoms with E-state index in [1.165, 1.54) is 18.5 Å². The Labute approximate surface area is 96.1 Å². The van der Waals surface area contributed by atoms with Crippen molar-refractivity contribution in [2.24, 2.45) is 0 Å². The molecule has 0 spiro atoms. The van der Waals surface area contributed by atoms with Crippen LogP contribution in [-0.4, -0.2) is 26.2 Å². The highest BCUT2D eigenvalue weighted by Gasteiger charge is 2.07. The Morgan fingerprint density at radius 3 is 3.00 bits per heavy atom. The molecule has 0 aliphatic heterocycles. The summed E-state index contributed by atoms with van der Waals surface area (Å²) in [5, 5.41) is 12.4. The molecule has 88 valence electrons. The van der Waals surface area contributed by atoms with Gasteiger partial charge in [0.25, 0.3) is 0 Å². The van der Waals surface area contributed by atoms with Crippen molar-refractivity contribution < 1.29 is 19.2 Å². The van der Waals surface area contributed by atoms with Gasteiger partial charge in [0.1, 0.15) is 5.75 Å². The molecule has 0 aliphatic rings. The van der Waals surface area contributed by atoms with Crippen molar-refractivity contribution >= 4 is 5.97 Å². The smallest absolute Gasteiger partial charge is 0.337 e. The van der Waals surface area contributed by atoms with Crippen molar-refractivity contribution in [1.29, 1.82) is 0 Å². The van der Waals surface area contributed by atoms with E-state index < -0.39 is 5.97 Å². The average molecular weight is 235 g/mol. The van der Waals surface area contributed by atoms with Crippen LogP contribution in [0.4, 0.5) is 0 Å². The number of carboxylic acids is 1. The standard InChI is InChI=1S/C10H9N3O4/c1-6-12-9(13-17-6)5-16-8-2-7(10(14)15)3-11-4-8/h2-4H,5H2,1H3,(H,14,15). The van der Waals surface area contributed by atoms with Crippen LogP contribution in [0.5, 0.6) is 5.75 Å². The minimum absolute atomic E-state index is 0.0618. The van der Waals surface area contributed by atoms with Crippen molar-refractivity contribution in [2.45, 2.75) is 13.5 Å². The van der Waals surface area contributed by atoms with E-state index in [0.29, 0.717) is 17.5 Å². The Kier molecular flexibility index (Phi) is 2.99. The van der Waals surface area contributed by atoms with Gasteiger partial charge in [-0.05, 0) is 6.07 Å². The highest BCUT2D eigenvalue weighted by Crippen LogP contribution is 2.12. The van der Waals surface area contributed by atoms with Gasteiger partial charge < -0.3 is 14.4 Å². The third-order valence-electron chi connectivity index (χ3n) is 1.90. The van der Waals surface area contributed by atoms with Crippen molar-refractivity contribution in [3.05, 3.63) is 35.7 Å². The lowest BCUT2D eigenvalue weighted by molar-refractivity contribution is 0.0696. The van der Waals surface area contributed by atoms with Crippen LogP contribution in [0.15, 0.2) is 23.0 Å². The Morgan fingerprint density at radius 2 is 2.35 bits per heavy atom. The van der Waals surface area contributed by atoms with Crippen LogP contribution in [0.1, 0.15) is 22.1 Å².